The summed E-state index contributed by atoms with van der Waals surface area (Å²) in [5.74, 6) is 0. The molecule has 0 aromatic rings. The molecule has 2 heteroatoms. The van der Waals surface area contributed by atoms with Gasteiger partial charge in [-0.1, -0.05) is 5.57 Å². The van der Waals surface area contributed by atoms with E-state index in [0.717, 1.165) is 5.57 Å². The van der Waals surface area contributed by atoms with Crippen LogP contribution in [0.25, 0.3) is 5.32 Å². The van der Waals surface area contributed by atoms with Crippen LogP contribution in [0.5, 0.6) is 0 Å². The molecule has 0 saturated heterocycles. The van der Waals surface area contributed by atoms with Crippen molar-refractivity contribution in [3.05, 3.63) is 29.9 Å². The number of nitrogens with one attached hydrogen (secondary N) is 1. The van der Waals surface area contributed by atoms with Crippen molar-refractivity contribution < 1.29 is 0 Å². The van der Waals surface area contributed by atoms with E-state index in [1.807, 2.05) is 0 Å². The lowest BCUT2D eigenvalue weighted by Gasteiger charge is -2.04. The summed E-state index contributed by atoms with van der Waals surface area (Å²) < 4.78 is 0. The van der Waals surface area contributed by atoms with Crippen LogP contribution in [-0.4, -0.2) is 6.21 Å². The van der Waals surface area contributed by atoms with Gasteiger partial charge in [-0.15, -0.1) is 6.58 Å². The van der Waals surface area contributed by atoms with Gasteiger partial charge < -0.3 is 10.7 Å². The smallest absolute Gasteiger partial charge is 0.0189 e. The lowest BCUT2D eigenvalue weighted by atomic mass is 10.4. The van der Waals surface area contributed by atoms with Crippen molar-refractivity contribution in [2.24, 2.45) is 0 Å². The third-order valence-electron chi connectivity index (χ3n) is 0.611. The zero-order valence-corrected chi connectivity index (χ0v) is 4.89. The van der Waals surface area contributed by atoms with E-state index in [1.165, 1.54) is 12.4 Å². The van der Waals surface area contributed by atoms with E-state index < -0.39 is 0 Å². The number of allylic oxidation sites excluding steroid dienone is 1. The summed E-state index contributed by atoms with van der Waals surface area (Å²) in [4.78, 5) is 0. The summed E-state index contributed by atoms with van der Waals surface area (Å²) >= 11 is 0. The Labute approximate surface area is 49.4 Å². The molecule has 0 fully saturated rings. The summed E-state index contributed by atoms with van der Waals surface area (Å²) in [5, 5.41) is 10.4. The minimum atomic E-state index is 0.824. The zero-order valence-electron chi connectivity index (χ0n) is 4.89. The Morgan fingerprint density at radius 2 is 2.38 bits per heavy atom. The minimum Gasteiger partial charge on any atom is -0.671 e. The maximum Gasteiger partial charge on any atom is 0.0189 e. The molecule has 0 unspecified atom stereocenters. The number of hydrogen-bond donors (Lipinski definition) is 1. The Bertz CT molecular complexity index is 114. The molecule has 0 spiro atoms. The zero-order chi connectivity index (χ0) is 6.41. The van der Waals surface area contributed by atoms with E-state index in [4.69, 9.17) is 5.41 Å². The van der Waals surface area contributed by atoms with Gasteiger partial charge in [-0.05, 0) is 6.92 Å². The fraction of sp³-hybridized carbons (Fsp3) is 0.167. The van der Waals surface area contributed by atoms with Crippen LogP contribution in [0, 0.1) is 5.41 Å². The minimum absolute atomic E-state index is 0.824. The molecule has 8 heavy (non-hydrogen) atoms. The van der Waals surface area contributed by atoms with Gasteiger partial charge in [0.25, 0.3) is 0 Å². The topological polar surface area (TPSA) is 38.0 Å². The quantitative estimate of drug-likeness (QED) is 0.539. The van der Waals surface area contributed by atoms with Crippen LogP contribution in [0.4, 0.5) is 0 Å². The van der Waals surface area contributed by atoms with Gasteiger partial charge in [0.05, 0.1) is 0 Å². The summed E-state index contributed by atoms with van der Waals surface area (Å²) in [6, 6.07) is 0. The van der Waals surface area contributed by atoms with E-state index in [0.29, 0.717) is 0 Å². The van der Waals surface area contributed by atoms with Crippen molar-refractivity contribution in [1.29, 1.82) is 5.41 Å². The molecule has 0 aliphatic rings. The van der Waals surface area contributed by atoms with Crippen molar-refractivity contribution in [2.45, 2.75) is 6.92 Å². The molecule has 2 nitrogen and oxygen atoms in total. The van der Waals surface area contributed by atoms with Gasteiger partial charge in [0.15, 0.2) is 0 Å². The summed E-state index contributed by atoms with van der Waals surface area (Å²) in [7, 11) is 0. The van der Waals surface area contributed by atoms with Crippen molar-refractivity contribution in [2.75, 3.05) is 0 Å². The van der Waals surface area contributed by atoms with Gasteiger partial charge in [0.2, 0.25) is 0 Å². The van der Waals surface area contributed by atoms with Gasteiger partial charge >= 0.3 is 0 Å². The first kappa shape index (κ1) is 6.95. The van der Waals surface area contributed by atoms with Gasteiger partial charge in [-0.3, -0.25) is 0 Å². The highest BCUT2D eigenvalue weighted by Gasteiger charge is 1.66. The van der Waals surface area contributed by atoms with Crippen LogP contribution in [0.3, 0.4) is 0 Å². The predicted octanol–water partition coefficient (Wildman–Crippen LogP) is 2.06. The highest BCUT2D eigenvalue weighted by atomic mass is 14.8. The highest BCUT2D eigenvalue weighted by molar-refractivity contribution is 5.75. The highest BCUT2D eigenvalue weighted by Crippen LogP contribution is 1.93. The first-order valence-electron chi connectivity index (χ1n) is 2.29. The van der Waals surface area contributed by atoms with E-state index in [9.17, 15) is 0 Å². The average Bonchev–Trinajstić information content (AvgIpc) is 1.83. The molecule has 0 rings (SSSR count). The van der Waals surface area contributed by atoms with Crippen molar-refractivity contribution in [3.63, 3.8) is 0 Å². The molecular weight excluding hydrogens is 100 g/mol. The van der Waals surface area contributed by atoms with Crippen LogP contribution in [-0.2, 0) is 0 Å². The maximum atomic E-state index is 6.70. The summed E-state index contributed by atoms with van der Waals surface area (Å²) in [6.07, 6.45) is 4.26. The number of hydrogen-bond acceptors (Lipinski definition) is 1. The first-order chi connectivity index (χ1) is 3.81. The largest absolute Gasteiger partial charge is 0.671 e. The van der Waals surface area contributed by atoms with Gasteiger partial charge in [-0.25, -0.2) is 0 Å². The van der Waals surface area contributed by atoms with Crippen molar-refractivity contribution >= 4 is 6.21 Å². The van der Waals surface area contributed by atoms with Crippen LogP contribution in [0.15, 0.2) is 24.6 Å². The van der Waals surface area contributed by atoms with Crippen molar-refractivity contribution in [3.8, 4) is 0 Å². The second-order valence-electron chi connectivity index (χ2n) is 1.35. The molecule has 0 aliphatic carbocycles. The van der Waals surface area contributed by atoms with Gasteiger partial charge in [-0.2, -0.15) is 12.4 Å². The lowest BCUT2D eigenvalue weighted by molar-refractivity contribution is 1.50. The molecule has 0 heterocycles. The fourth-order valence-electron chi connectivity index (χ4n) is 0.208. The molecule has 0 amide bonds. The molecule has 0 aliphatic heterocycles. The van der Waals surface area contributed by atoms with Crippen LogP contribution in [0.2, 0.25) is 0 Å². The number of nitrogens with zero attached hydrogens (tertiary/aromatic N) is 1. The second kappa shape index (κ2) is 4.12. The third kappa shape index (κ3) is 3.15. The number of rotatable bonds is 3. The Morgan fingerprint density at radius 3 is 2.75 bits per heavy atom. The molecule has 44 valence electrons. The predicted molar refractivity (Wildman–Crippen MR) is 36.1 cm³/mol. The Kier molecular flexibility index (Phi) is 3.58. The normalized spacial score (nSPS) is 10.4. The maximum absolute atomic E-state index is 6.70. The molecule has 0 aromatic carbocycles. The van der Waals surface area contributed by atoms with E-state index in [2.05, 4.69) is 11.9 Å². The molecule has 0 bridgehead atoms. The average molecular weight is 109 g/mol. The monoisotopic (exact) mass is 109 g/mol. The molecule has 1 N–H and O–H groups in total. The Hall–Kier alpha value is -1.05. The SMILES string of the molecule is C=C[N-]C=C(C)C=N. The van der Waals surface area contributed by atoms with Gasteiger partial charge in [0, 0.05) is 6.21 Å². The lowest BCUT2D eigenvalue weighted by Crippen LogP contribution is -1.70. The van der Waals surface area contributed by atoms with Gasteiger partial charge in [0.1, 0.15) is 0 Å². The van der Waals surface area contributed by atoms with Crippen LogP contribution in [0.1, 0.15) is 6.92 Å². The van der Waals surface area contributed by atoms with Crippen LogP contribution < -0.4 is 0 Å². The standard InChI is InChI=1S/C6H9N2/c1-3-8-5-6(2)4-7/h3-5,7H,1H2,2H3/q-1. The summed E-state index contributed by atoms with van der Waals surface area (Å²) in [6.45, 7) is 5.19. The second-order valence-corrected chi connectivity index (χ2v) is 1.35. The fourth-order valence-corrected chi connectivity index (χ4v) is 0.208. The Morgan fingerprint density at radius 1 is 1.75 bits per heavy atom. The molecular formula is C6H9N2-. The molecule has 0 radical (unpaired) electrons. The van der Waals surface area contributed by atoms with E-state index in [-0.39, 0.29) is 0 Å². The summed E-state index contributed by atoms with van der Waals surface area (Å²) in [5.41, 5.74) is 0.824. The molecule has 0 aromatic heterocycles. The van der Waals surface area contributed by atoms with Crippen molar-refractivity contribution in [1.82, 2.24) is 0 Å². The Balaban J connectivity index is 3.56. The molecule has 0 atom stereocenters. The van der Waals surface area contributed by atoms with E-state index >= 15 is 0 Å². The van der Waals surface area contributed by atoms with Crippen LogP contribution >= 0.6 is 0 Å². The third-order valence-corrected chi connectivity index (χ3v) is 0.611. The first-order valence-corrected chi connectivity index (χ1v) is 2.29. The van der Waals surface area contributed by atoms with E-state index in [1.54, 1.807) is 13.1 Å². The molecule has 0 saturated carbocycles.